The van der Waals surface area contributed by atoms with Gasteiger partial charge < -0.3 is 5.32 Å². The molecule has 1 N–H and O–H groups in total. The van der Waals surface area contributed by atoms with Crippen LogP contribution in [0.3, 0.4) is 0 Å². The first-order valence-electron chi connectivity index (χ1n) is 8.60. The van der Waals surface area contributed by atoms with Crippen molar-refractivity contribution in [3.05, 3.63) is 107 Å². The molecule has 25 heavy (non-hydrogen) atoms. The fourth-order valence-corrected chi connectivity index (χ4v) is 3.52. The van der Waals surface area contributed by atoms with Crippen LogP contribution in [0.15, 0.2) is 101 Å². The maximum absolute atomic E-state index is 4.64. The van der Waals surface area contributed by atoms with Gasteiger partial charge in [0.15, 0.2) is 0 Å². The number of rotatable bonds is 4. The van der Waals surface area contributed by atoms with Gasteiger partial charge in [0, 0.05) is 22.9 Å². The largest absolute Gasteiger partial charge is 0.344 e. The molecule has 0 saturated carbocycles. The monoisotopic (exact) mass is 328 g/mol. The van der Waals surface area contributed by atoms with Crippen LogP contribution < -0.4 is 5.32 Å². The van der Waals surface area contributed by atoms with Crippen LogP contribution in [-0.2, 0) is 0 Å². The maximum atomic E-state index is 4.64. The van der Waals surface area contributed by atoms with E-state index >= 15 is 0 Å². The van der Waals surface area contributed by atoms with E-state index in [4.69, 9.17) is 0 Å². The molecular formula is C23H24N2. The number of allylic oxidation sites excluding steroid dienone is 3. The standard InChI is InChI=1S/C23H24N2/c1-5-21(22-16(2)24-18(4)25-17(22)3)23(19-12-8-6-9-13-19)20-14-10-7-11-15-20/h5-15,23H,2H2,1,3-4H3,(H,24,25)/b21-5+. The second-order valence-corrected chi connectivity index (χ2v) is 6.26. The molecule has 2 aromatic carbocycles. The zero-order valence-electron chi connectivity index (χ0n) is 15.1. The van der Waals surface area contributed by atoms with Crippen molar-refractivity contribution in [3.8, 4) is 0 Å². The molecule has 0 unspecified atom stereocenters. The van der Waals surface area contributed by atoms with E-state index in [0.717, 1.165) is 22.8 Å². The summed E-state index contributed by atoms with van der Waals surface area (Å²) in [5, 5.41) is 3.29. The Labute approximate surface area is 150 Å². The van der Waals surface area contributed by atoms with Gasteiger partial charge in [0.2, 0.25) is 0 Å². The Morgan fingerprint density at radius 2 is 1.48 bits per heavy atom. The molecule has 3 rings (SSSR count). The molecular weight excluding hydrogens is 304 g/mol. The summed E-state index contributed by atoms with van der Waals surface area (Å²) in [4.78, 5) is 4.64. The van der Waals surface area contributed by atoms with Gasteiger partial charge in [-0.1, -0.05) is 73.3 Å². The number of hydrogen-bond donors (Lipinski definition) is 1. The lowest BCUT2D eigenvalue weighted by molar-refractivity contribution is 0.918. The molecule has 0 saturated heterocycles. The molecule has 2 nitrogen and oxygen atoms in total. The fraction of sp³-hybridized carbons (Fsp3) is 0.174. The summed E-state index contributed by atoms with van der Waals surface area (Å²) < 4.78 is 0. The van der Waals surface area contributed by atoms with E-state index < -0.39 is 0 Å². The van der Waals surface area contributed by atoms with Crippen LogP contribution in [0.1, 0.15) is 37.8 Å². The Morgan fingerprint density at radius 3 is 1.92 bits per heavy atom. The lowest BCUT2D eigenvalue weighted by Crippen LogP contribution is -2.26. The highest BCUT2D eigenvalue weighted by Crippen LogP contribution is 2.39. The lowest BCUT2D eigenvalue weighted by Gasteiger charge is -2.28. The van der Waals surface area contributed by atoms with Crippen molar-refractivity contribution < 1.29 is 0 Å². The van der Waals surface area contributed by atoms with Crippen molar-refractivity contribution >= 4 is 5.84 Å². The summed E-state index contributed by atoms with van der Waals surface area (Å²) in [7, 11) is 0. The highest BCUT2D eigenvalue weighted by Gasteiger charge is 2.25. The first kappa shape index (κ1) is 17.0. The van der Waals surface area contributed by atoms with Crippen molar-refractivity contribution in [2.75, 3.05) is 0 Å². The number of benzene rings is 2. The van der Waals surface area contributed by atoms with Crippen molar-refractivity contribution in [3.63, 3.8) is 0 Å². The van der Waals surface area contributed by atoms with Crippen LogP contribution >= 0.6 is 0 Å². The summed E-state index contributed by atoms with van der Waals surface area (Å²) in [5.41, 5.74) is 6.78. The minimum Gasteiger partial charge on any atom is -0.344 e. The van der Waals surface area contributed by atoms with Gasteiger partial charge in [-0.3, -0.25) is 0 Å². The third kappa shape index (κ3) is 3.48. The van der Waals surface area contributed by atoms with Crippen LogP contribution in [0.4, 0.5) is 0 Å². The number of aliphatic imine (C=N–C) groups is 1. The predicted molar refractivity (Wildman–Crippen MR) is 107 cm³/mol. The van der Waals surface area contributed by atoms with Crippen molar-refractivity contribution in [2.45, 2.75) is 26.7 Å². The minimum absolute atomic E-state index is 0.143. The summed E-state index contributed by atoms with van der Waals surface area (Å²) >= 11 is 0. The van der Waals surface area contributed by atoms with Gasteiger partial charge in [0.25, 0.3) is 0 Å². The van der Waals surface area contributed by atoms with E-state index in [9.17, 15) is 0 Å². The van der Waals surface area contributed by atoms with Gasteiger partial charge >= 0.3 is 0 Å². The molecule has 0 aliphatic carbocycles. The average Bonchev–Trinajstić information content (AvgIpc) is 2.61. The molecule has 0 amide bonds. The second-order valence-electron chi connectivity index (χ2n) is 6.26. The van der Waals surface area contributed by atoms with Gasteiger partial charge in [-0.25, -0.2) is 4.99 Å². The third-order valence-corrected chi connectivity index (χ3v) is 4.51. The van der Waals surface area contributed by atoms with E-state index in [-0.39, 0.29) is 5.92 Å². The third-order valence-electron chi connectivity index (χ3n) is 4.51. The normalized spacial score (nSPS) is 15.3. The lowest BCUT2D eigenvalue weighted by atomic mass is 9.80. The summed E-state index contributed by atoms with van der Waals surface area (Å²) in [6.45, 7) is 10.4. The van der Waals surface area contributed by atoms with Gasteiger partial charge in [-0.2, -0.15) is 0 Å². The number of nitrogens with zero attached hydrogens (tertiary/aromatic N) is 1. The zero-order valence-corrected chi connectivity index (χ0v) is 15.1. The van der Waals surface area contributed by atoms with E-state index in [2.05, 4.69) is 97.5 Å². The van der Waals surface area contributed by atoms with Crippen LogP contribution in [0.25, 0.3) is 0 Å². The van der Waals surface area contributed by atoms with Gasteiger partial charge in [-0.05, 0) is 37.5 Å². The molecule has 1 aliphatic heterocycles. The predicted octanol–water partition coefficient (Wildman–Crippen LogP) is 5.57. The topological polar surface area (TPSA) is 24.4 Å². The Morgan fingerprint density at radius 1 is 0.960 bits per heavy atom. The molecule has 126 valence electrons. The second kappa shape index (κ2) is 7.35. The van der Waals surface area contributed by atoms with E-state index in [1.165, 1.54) is 16.7 Å². The molecule has 0 aromatic heterocycles. The molecule has 0 fully saturated rings. The van der Waals surface area contributed by atoms with Crippen LogP contribution in [0, 0.1) is 0 Å². The van der Waals surface area contributed by atoms with Crippen molar-refractivity contribution in [1.82, 2.24) is 5.32 Å². The van der Waals surface area contributed by atoms with E-state index in [1.54, 1.807) is 0 Å². The molecule has 1 heterocycles. The molecule has 0 spiro atoms. The van der Waals surface area contributed by atoms with Gasteiger partial charge in [0.05, 0.1) is 0 Å². The Hall–Kier alpha value is -2.87. The highest BCUT2D eigenvalue weighted by molar-refractivity contribution is 5.85. The minimum atomic E-state index is 0.143. The van der Waals surface area contributed by atoms with Crippen LogP contribution in [0.2, 0.25) is 0 Å². The van der Waals surface area contributed by atoms with Crippen LogP contribution in [-0.4, -0.2) is 5.84 Å². The molecule has 0 radical (unpaired) electrons. The molecule has 0 bridgehead atoms. The molecule has 2 heteroatoms. The Balaban J connectivity index is 2.19. The fourth-order valence-electron chi connectivity index (χ4n) is 3.52. The van der Waals surface area contributed by atoms with Crippen molar-refractivity contribution in [2.24, 2.45) is 4.99 Å². The summed E-state index contributed by atoms with van der Waals surface area (Å²) in [6.07, 6.45) is 2.19. The van der Waals surface area contributed by atoms with Crippen LogP contribution in [0.5, 0.6) is 0 Å². The smallest absolute Gasteiger partial charge is 0.103 e. The Kier molecular flexibility index (Phi) is 4.99. The van der Waals surface area contributed by atoms with Crippen molar-refractivity contribution in [1.29, 1.82) is 0 Å². The van der Waals surface area contributed by atoms with E-state index in [1.807, 2.05) is 6.92 Å². The van der Waals surface area contributed by atoms with Gasteiger partial charge in [0.1, 0.15) is 5.84 Å². The molecule has 1 aliphatic rings. The zero-order chi connectivity index (χ0) is 17.8. The number of hydrogen-bond acceptors (Lipinski definition) is 2. The number of amidine groups is 1. The average molecular weight is 328 g/mol. The number of nitrogens with one attached hydrogen (secondary N) is 1. The highest BCUT2D eigenvalue weighted by atomic mass is 15.0. The first-order valence-corrected chi connectivity index (χ1v) is 8.60. The first-order chi connectivity index (χ1) is 12.1. The summed E-state index contributed by atoms with van der Waals surface area (Å²) in [6, 6.07) is 21.2. The quantitative estimate of drug-likeness (QED) is 0.779. The maximum Gasteiger partial charge on any atom is 0.103 e. The molecule has 2 aromatic rings. The van der Waals surface area contributed by atoms with E-state index in [0.29, 0.717) is 0 Å². The molecule has 0 atom stereocenters. The summed E-state index contributed by atoms with van der Waals surface area (Å²) in [5.74, 6) is 1.03. The van der Waals surface area contributed by atoms with Gasteiger partial charge in [-0.15, -0.1) is 0 Å². The SMILES string of the molecule is C=C1NC(C)=NC(C)=C1/C(=C\C)C(c1ccccc1)c1ccccc1. The Bertz CT molecular complexity index is 816.